The first kappa shape index (κ1) is 22.6. The van der Waals surface area contributed by atoms with Gasteiger partial charge in [-0.2, -0.15) is 0 Å². The van der Waals surface area contributed by atoms with Gasteiger partial charge < -0.3 is 19.9 Å². The lowest BCUT2D eigenvalue weighted by molar-refractivity contribution is -0.145. The topological polar surface area (TPSA) is 108 Å². The van der Waals surface area contributed by atoms with E-state index in [1.807, 2.05) is 30.3 Å². The summed E-state index contributed by atoms with van der Waals surface area (Å²) in [6.45, 7) is 1.29. The third-order valence-corrected chi connectivity index (χ3v) is 6.50. The van der Waals surface area contributed by atoms with E-state index in [1.54, 1.807) is 15.9 Å². The van der Waals surface area contributed by atoms with Crippen LogP contribution in [0, 0.1) is 5.82 Å². The third-order valence-electron chi connectivity index (χ3n) is 6.50. The Hall–Kier alpha value is -4.21. The van der Waals surface area contributed by atoms with E-state index in [4.69, 9.17) is 4.74 Å². The van der Waals surface area contributed by atoms with Gasteiger partial charge in [-0.15, -0.1) is 0 Å². The van der Waals surface area contributed by atoms with Crippen LogP contribution in [0.3, 0.4) is 0 Å². The number of carbonyl (C=O) groups excluding carboxylic acids is 4. The number of nitrogens with zero attached hydrogens (tertiary/aromatic N) is 2. The highest BCUT2D eigenvalue weighted by molar-refractivity contribution is 6.08. The second-order valence-electron chi connectivity index (χ2n) is 8.66. The molecule has 2 saturated heterocycles. The van der Waals surface area contributed by atoms with Gasteiger partial charge in [-0.3, -0.25) is 19.7 Å². The summed E-state index contributed by atoms with van der Waals surface area (Å²) in [4.78, 5) is 53.7. The summed E-state index contributed by atoms with van der Waals surface area (Å²) in [5, 5.41) is 4.74. The predicted octanol–water partition coefficient (Wildman–Crippen LogP) is 1.40. The molecule has 2 atom stereocenters. The second-order valence-corrected chi connectivity index (χ2v) is 8.66. The van der Waals surface area contributed by atoms with Gasteiger partial charge in [0.25, 0.3) is 11.8 Å². The number of imide groups is 1. The van der Waals surface area contributed by atoms with E-state index in [2.05, 4.69) is 10.6 Å². The largest absolute Gasteiger partial charge is 0.480 e. The Labute approximate surface area is 200 Å². The first-order chi connectivity index (χ1) is 16.9. The average Bonchev–Trinajstić information content (AvgIpc) is 3.15. The smallest absolute Gasteiger partial charge is 0.322 e. The molecule has 2 N–H and O–H groups in total. The maximum Gasteiger partial charge on any atom is 0.322 e. The highest BCUT2D eigenvalue weighted by atomic mass is 19.1. The molecule has 3 heterocycles. The number of hydrogen-bond donors (Lipinski definition) is 2. The Morgan fingerprint density at radius 3 is 2.43 bits per heavy atom. The minimum atomic E-state index is -1.59. The van der Waals surface area contributed by atoms with E-state index in [0.717, 1.165) is 11.6 Å². The van der Waals surface area contributed by atoms with Gasteiger partial charge in [0.05, 0.1) is 0 Å². The molecule has 2 fully saturated rings. The van der Waals surface area contributed by atoms with Crippen molar-refractivity contribution >= 4 is 29.8 Å². The molecule has 9 nitrogen and oxygen atoms in total. The van der Waals surface area contributed by atoms with Gasteiger partial charge in [-0.25, -0.2) is 9.18 Å². The molecule has 10 heteroatoms. The van der Waals surface area contributed by atoms with Crippen LogP contribution in [0.2, 0.25) is 0 Å². The van der Waals surface area contributed by atoms with E-state index >= 15 is 0 Å². The maximum absolute atomic E-state index is 13.9. The number of halogens is 1. The summed E-state index contributed by atoms with van der Waals surface area (Å²) in [7, 11) is 0. The Bertz CT molecular complexity index is 1230. The van der Waals surface area contributed by atoms with Crippen LogP contribution in [-0.4, -0.2) is 65.8 Å². The van der Waals surface area contributed by atoms with Crippen LogP contribution in [0.25, 0.3) is 6.08 Å². The Balaban J connectivity index is 1.27. The molecule has 3 aliphatic rings. The van der Waals surface area contributed by atoms with Crippen LogP contribution in [0.5, 0.6) is 5.75 Å². The summed E-state index contributed by atoms with van der Waals surface area (Å²) in [5.74, 6) is -1.59. The van der Waals surface area contributed by atoms with Crippen molar-refractivity contribution in [3.05, 3.63) is 71.6 Å². The third kappa shape index (κ3) is 4.23. The average molecular weight is 478 g/mol. The zero-order chi connectivity index (χ0) is 24.6. The van der Waals surface area contributed by atoms with Crippen LogP contribution < -0.4 is 15.4 Å². The van der Waals surface area contributed by atoms with Crippen molar-refractivity contribution in [3.8, 4) is 5.75 Å². The quantitative estimate of drug-likeness (QED) is 0.512. The molecule has 0 aliphatic carbocycles. The first-order valence-corrected chi connectivity index (χ1v) is 11.3. The van der Waals surface area contributed by atoms with E-state index in [0.29, 0.717) is 26.2 Å². The van der Waals surface area contributed by atoms with Crippen LogP contribution in [-0.2, 0) is 19.9 Å². The van der Waals surface area contributed by atoms with E-state index in [9.17, 15) is 23.6 Å². The number of nitrogens with one attached hydrogen (secondary N) is 2. The molecule has 3 aliphatic heterocycles. The minimum Gasteiger partial charge on any atom is -0.480 e. The lowest BCUT2D eigenvalue weighted by Crippen LogP contribution is -2.57. The zero-order valence-corrected chi connectivity index (χ0v) is 18.7. The highest BCUT2D eigenvalue weighted by Crippen LogP contribution is 2.42. The van der Waals surface area contributed by atoms with Crippen LogP contribution in [0.1, 0.15) is 17.5 Å². The van der Waals surface area contributed by atoms with Gasteiger partial charge in [0.15, 0.2) is 11.6 Å². The lowest BCUT2D eigenvalue weighted by atomic mass is 9.81. The number of amides is 5. The predicted molar refractivity (Wildman–Crippen MR) is 122 cm³/mol. The molecule has 5 amide bonds. The molecule has 2 aromatic rings. The first-order valence-electron chi connectivity index (χ1n) is 11.3. The molecule has 35 heavy (non-hydrogen) atoms. The number of piperazine rings is 1. The number of urea groups is 1. The standard InChI is InChI=1S/C25H23FN4O5/c26-17-7-8-19-18(14-17)25(23(33)27-24(34)28-25)15-20(35-19)22(32)30-12-10-29(11-13-30)21(31)9-6-16-4-2-1-3-5-16/h1-9,14,20H,10-13,15H2,(H2,27,28,33,34). The molecule has 0 bridgehead atoms. The van der Waals surface area contributed by atoms with Crippen LogP contribution in [0.15, 0.2) is 54.6 Å². The second kappa shape index (κ2) is 8.86. The van der Waals surface area contributed by atoms with Gasteiger partial charge in [0.1, 0.15) is 11.6 Å². The normalized spacial score (nSPS) is 23.6. The Morgan fingerprint density at radius 1 is 1.03 bits per heavy atom. The van der Waals surface area contributed by atoms with Crippen LogP contribution in [0.4, 0.5) is 9.18 Å². The maximum atomic E-state index is 13.9. The fraction of sp³-hybridized carbons (Fsp3) is 0.280. The van der Waals surface area contributed by atoms with Gasteiger partial charge in [-0.1, -0.05) is 30.3 Å². The number of ether oxygens (including phenoxy) is 1. The van der Waals surface area contributed by atoms with Crippen molar-refractivity contribution < 1.29 is 28.3 Å². The molecule has 0 aromatic heterocycles. The van der Waals surface area contributed by atoms with Gasteiger partial charge in [-0.05, 0) is 29.8 Å². The summed E-state index contributed by atoms with van der Waals surface area (Å²) in [5.41, 5.74) is -0.501. The van der Waals surface area contributed by atoms with E-state index < -0.39 is 29.4 Å². The fourth-order valence-corrected chi connectivity index (χ4v) is 4.67. The molecular formula is C25H23FN4O5. The number of fused-ring (bicyclic) bond motifs is 2. The van der Waals surface area contributed by atoms with Crippen molar-refractivity contribution in [1.82, 2.24) is 20.4 Å². The molecule has 1 spiro atoms. The molecular weight excluding hydrogens is 455 g/mol. The number of benzene rings is 2. The van der Waals surface area contributed by atoms with Gasteiger partial charge in [0.2, 0.25) is 5.91 Å². The van der Waals surface area contributed by atoms with E-state index in [1.165, 1.54) is 18.2 Å². The van der Waals surface area contributed by atoms with Crippen LogP contribution >= 0.6 is 0 Å². The molecule has 0 radical (unpaired) electrons. The molecule has 2 aromatic carbocycles. The van der Waals surface area contributed by atoms with Crippen molar-refractivity contribution in [2.75, 3.05) is 26.2 Å². The number of carbonyl (C=O) groups is 4. The molecule has 2 unspecified atom stereocenters. The van der Waals surface area contributed by atoms with Crippen molar-refractivity contribution in [2.24, 2.45) is 0 Å². The highest BCUT2D eigenvalue weighted by Gasteiger charge is 2.55. The van der Waals surface area contributed by atoms with E-state index in [-0.39, 0.29) is 29.5 Å². The summed E-state index contributed by atoms with van der Waals surface area (Å²) < 4.78 is 19.8. The summed E-state index contributed by atoms with van der Waals surface area (Å²) in [6, 6.07) is 12.4. The number of rotatable bonds is 3. The van der Waals surface area contributed by atoms with Crippen molar-refractivity contribution in [2.45, 2.75) is 18.1 Å². The minimum absolute atomic E-state index is 0.143. The van der Waals surface area contributed by atoms with Crippen molar-refractivity contribution in [1.29, 1.82) is 0 Å². The number of hydrogen-bond acceptors (Lipinski definition) is 5. The molecule has 180 valence electrons. The molecule has 5 rings (SSSR count). The molecule has 0 saturated carbocycles. The SMILES string of the molecule is O=C1NC(=O)C2(CC(C(=O)N3CCN(C(=O)C=Cc4ccccc4)CC3)Oc3ccc(F)cc32)N1. The van der Waals surface area contributed by atoms with Gasteiger partial charge in [0, 0.05) is 44.2 Å². The van der Waals surface area contributed by atoms with Crippen molar-refractivity contribution in [3.63, 3.8) is 0 Å². The lowest BCUT2D eigenvalue weighted by Gasteiger charge is -2.40. The monoisotopic (exact) mass is 478 g/mol. The zero-order valence-electron chi connectivity index (χ0n) is 18.7. The fourth-order valence-electron chi connectivity index (χ4n) is 4.67. The van der Waals surface area contributed by atoms with Gasteiger partial charge >= 0.3 is 6.03 Å². The Kier molecular flexibility index (Phi) is 5.72. The summed E-state index contributed by atoms with van der Waals surface area (Å²) in [6.07, 6.45) is 2.03. The summed E-state index contributed by atoms with van der Waals surface area (Å²) >= 11 is 0. The Morgan fingerprint density at radius 2 is 1.74 bits per heavy atom.